The van der Waals surface area contributed by atoms with Gasteiger partial charge in [-0.1, -0.05) is 0 Å². The molecule has 0 saturated carbocycles. The van der Waals surface area contributed by atoms with Crippen LogP contribution in [0.3, 0.4) is 0 Å². The van der Waals surface area contributed by atoms with E-state index in [1.807, 2.05) is 0 Å². The number of imidazole rings is 1. The summed E-state index contributed by atoms with van der Waals surface area (Å²) in [5.74, 6) is -1.23. The van der Waals surface area contributed by atoms with Crippen LogP contribution in [0, 0.1) is 0 Å². The molecule has 0 spiro atoms. The van der Waals surface area contributed by atoms with Crippen molar-refractivity contribution in [3.05, 3.63) is 18.2 Å². The molecule has 0 radical (unpaired) electrons. The minimum Gasteiger partial charge on any atom is -0.543 e. The Balaban J connectivity index is 0.000000640. The molecule has 1 N–H and O–H groups in total. The smallest absolute Gasteiger partial charge is 0.543 e. The summed E-state index contributed by atoms with van der Waals surface area (Å²) in [6.45, 7) is 0. The van der Waals surface area contributed by atoms with Crippen LogP contribution < -0.4 is 24.0 Å². The first-order valence-corrected chi connectivity index (χ1v) is 2.00. The van der Waals surface area contributed by atoms with E-state index in [1.165, 1.54) is 12.5 Å². The number of hydrogen-bond acceptors (Lipinski definition) is 3. The fourth-order valence-corrected chi connectivity index (χ4v) is 0.368. The molecule has 1 heterocycles. The maximum Gasteiger partial charge on any atom is 1.00 e. The van der Waals surface area contributed by atoms with E-state index in [4.69, 9.17) is 0 Å². The zero-order valence-corrected chi connectivity index (χ0v) is 4.92. The molecule has 0 saturated heterocycles. The van der Waals surface area contributed by atoms with Gasteiger partial charge in [-0.2, -0.15) is 0 Å². The van der Waals surface area contributed by atoms with Crippen molar-refractivity contribution >= 4 is 5.97 Å². The number of carboxylic acids is 1. The third kappa shape index (κ3) is 1.92. The standard InChI is InChI=1S/C4H4N2O2.Li/c7-4(8)3-1-5-2-6-3;/h1-2H,(H,5,6)(H,7,8);/q;+1/p-1. The van der Waals surface area contributed by atoms with Crippen molar-refractivity contribution in [2.24, 2.45) is 0 Å². The molecule has 5 heteroatoms. The number of nitrogens with zero attached hydrogens (tertiary/aromatic N) is 1. The van der Waals surface area contributed by atoms with Crippen LogP contribution in [0.4, 0.5) is 0 Å². The topological polar surface area (TPSA) is 68.8 Å². The molecule has 1 aromatic heterocycles. The van der Waals surface area contributed by atoms with E-state index in [0.29, 0.717) is 0 Å². The normalized spacial score (nSPS) is 8.00. The van der Waals surface area contributed by atoms with Crippen LogP contribution in [0.25, 0.3) is 0 Å². The molecular formula is C4H3LiN2O2. The number of carboxylic acid groups (broad SMARTS) is 1. The Hall–Kier alpha value is -0.723. The molecule has 0 aliphatic carbocycles. The third-order valence-electron chi connectivity index (χ3n) is 0.718. The number of aromatic amines is 1. The zero-order chi connectivity index (χ0) is 5.98. The van der Waals surface area contributed by atoms with Crippen molar-refractivity contribution in [1.82, 2.24) is 9.97 Å². The van der Waals surface area contributed by atoms with Gasteiger partial charge in [0.25, 0.3) is 0 Å². The Kier molecular flexibility index (Phi) is 3.06. The van der Waals surface area contributed by atoms with Crippen LogP contribution in [0.5, 0.6) is 0 Å². The first-order chi connectivity index (χ1) is 3.80. The molecule has 1 rings (SSSR count). The van der Waals surface area contributed by atoms with Crippen LogP contribution in [-0.4, -0.2) is 15.9 Å². The summed E-state index contributed by atoms with van der Waals surface area (Å²) in [4.78, 5) is 15.7. The maximum atomic E-state index is 9.88. The quantitative estimate of drug-likeness (QED) is 0.380. The molecule has 0 amide bonds. The van der Waals surface area contributed by atoms with Gasteiger partial charge >= 0.3 is 18.9 Å². The molecule has 1 aromatic rings. The number of aromatic carboxylic acids is 1. The van der Waals surface area contributed by atoms with Crippen LogP contribution in [0.15, 0.2) is 12.5 Å². The number of nitrogens with one attached hydrogen (secondary N) is 1. The Morgan fingerprint density at radius 2 is 2.44 bits per heavy atom. The minimum absolute atomic E-state index is 0. The predicted octanol–water partition coefficient (Wildman–Crippen LogP) is -4.22. The number of H-pyrrole nitrogens is 1. The van der Waals surface area contributed by atoms with Gasteiger partial charge in [-0.3, -0.25) is 0 Å². The molecule has 9 heavy (non-hydrogen) atoms. The SMILES string of the molecule is O=C([O-])c1cnc[nH]1.[Li+]. The van der Waals surface area contributed by atoms with E-state index >= 15 is 0 Å². The van der Waals surface area contributed by atoms with Crippen LogP contribution in [0.1, 0.15) is 10.5 Å². The largest absolute Gasteiger partial charge is 1.00 e. The summed E-state index contributed by atoms with van der Waals surface area (Å²) in [6, 6.07) is 0. The van der Waals surface area contributed by atoms with E-state index in [0.717, 1.165) is 0 Å². The summed E-state index contributed by atoms with van der Waals surface area (Å²) >= 11 is 0. The molecule has 0 unspecified atom stereocenters. The Morgan fingerprint density at radius 1 is 1.78 bits per heavy atom. The average molecular weight is 118 g/mol. The fraction of sp³-hybridized carbons (Fsp3) is 0. The van der Waals surface area contributed by atoms with E-state index in [9.17, 15) is 9.90 Å². The second-order valence-corrected chi connectivity index (χ2v) is 1.25. The Labute approximate surface area is 63.5 Å². The second-order valence-electron chi connectivity index (χ2n) is 1.25. The maximum absolute atomic E-state index is 9.88. The minimum atomic E-state index is -1.23. The van der Waals surface area contributed by atoms with E-state index in [1.54, 1.807) is 0 Å². The first kappa shape index (κ1) is 8.28. The van der Waals surface area contributed by atoms with Gasteiger partial charge in [0.15, 0.2) is 0 Å². The van der Waals surface area contributed by atoms with Crippen LogP contribution in [0.2, 0.25) is 0 Å². The zero-order valence-electron chi connectivity index (χ0n) is 4.92. The van der Waals surface area contributed by atoms with Crippen molar-refractivity contribution in [1.29, 1.82) is 0 Å². The number of rotatable bonds is 1. The van der Waals surface area contributed by atoms with Crippen molar-refractivity contribution in [2.45, 2.75) is 0 Å². The third-order valence-corrected chi connectivity index (χ3v) is 0.718. The number of hydrogen-bond donors (Lipinski definition) is 1. The van der Waals surface area contributed by atoms with E-state index in [2.05, 4.69) is 9.97 Å². The van der Waals surface area contributed by atoms with Gasteiger partial charge in [0, 0.05) is 0 Å². The molecule has 4 nitrogen and oxygen atoms in total. The van der Waals surface area contributed by atoms with E-state index < -0.39 is 5.97 Å². The summed E-state index contributed by atoms with van der Waals surface area (Å²) in [5, 5.41) is 9.88. The van der Waals surface area contributed by atoms with Gasteiger partial charge in [0.05, 0.1) is 24.2 Å². The molecule has 0 bridgehead atoms. The number of carbonyl (C=O) groups excluding carboxylic acids is 1. The number of carbonyl (C=O) groups is 1. The van der Waals surface area contributed by atoms with Gasteiger partial charge in [0.2, 0.25) is 0 Å². The van der Waals surface area contributed by atoms with Gasteiger partial charge < -0.3 is 14.9 Å². The van der Waals surface area contributed by atoms with E-state index in [-0.39, 0.29) is 24.6 Å². The molecule has 0 aromatic carbocycles. The summed E-state index contributed by atoms with van der Waals surface area (Å²) < 4.78 is 0. The number of aromatic nitrogens is 2. The van der Waals surface area contributed by atoms with Crippen LogP contribution >= 0.6 is 0 Å². The molecule has 42 valence electrons. The van der Waals surface area contributed by atoms with Gasteiger partial charge in [-0.25, -0.2) is 4.98 Å². The molecule has 0 aliphatic heterocycles. The molecular weight excluding hydrogens is 115 g/mol. The fourth-order valence-electron chi connectivity index (χ4n) is 0.368. The molecule has 0 fully saturated rings. The summed E-state index contributed by atoms with van der Waals surface area (Å²) in [6.07, 6.45) is 2.47. The van der Waals surface area contributed by atoms with Crippen molar-refractivity contribution in [3.8, 4) is 0 Å². The predicted molar refractivity (Wildman–Crippen MR) is 22.9 cm³/mol. The van der Waals surface area contributed by atoms with Crippen molar-refractivity contribution in [2.75, 3.05) is 0 Å². The molecule has 0 atom stereocenters. The Bertz CT molecular complexity index is 184. The van der Waals surface area contributed by atoms with Crippen LogP contribution in [-0.2, 0) is 0 Å². The summed E-state index contributed by atoms with van der Waals surface area (Å²) in [5.41, 5.74) is 0.00463. The monoisotopic (exact) mass is 118 g/mol. The van der Waals surface area contributed by atoms with Crippen molar-refractivity contribution in [3.63, 3.8) is 0 Å². The molecule has 0 aliphatic rings. The summed E-state index contributed by atoms with van der Waals surface area (Å²) in [7, 11) is 0. The van der Waals surface area contributed by atoms with Gasteiger partial charge in [0.1, 0.15) is 0 Å². The average Bonchev–Trinajstić information content (AvgIpc) is 2.12. The Morgan fingerprint density at radius 3 is 2.67 bits per heavy atom. The first-order valence-electron chi connectivity index (χ1n) is 2.00. The van der Waals surface area contributed by atoms with Gasteiger partial charge in [-0.05, 0) is 0 Å². The van der Waals surface area contributed by atoms with Crippen molar-refractivity contribution < 1.29 is 28.8 Å². The van der Waals surface area contributed by atoms with Gasteiger partial charge in [-0.15, -0.1) is 0 Å². The second kappa shape index (κ2) is 3.33.